The molecule has 1 aromatic heterocycles. The topological polar surface area (TPSA) is 106 Å². The third-order valence-electron chi connectivity index (χ3n) is 3.84. The zero-order valence-electron chi connectivity index (χ0n) is 15.4. The fourth-order valence-corrected chi connectivity index (χ4v) is 2.62. The smallest absolute Gasteiger partial charge is 0.228 e. The fraction of sp³-hybridized carbons (Fsp3) is 0.250. The molecule has 0 radical (unpaired) electrons. The summed E-state index contributed by atoms with van der Waals surface area (Å²) in [6.07, 6.45) is 0.294. The van der Waals surface area contributed by atoms with E-state index in [0.29, 0.717) is 23.9 Å². The molecule has 0 saturated carbocycles. The quantitative estimate of drug-likeness (QED) is 0.597. The highest BCUT2D eigenvalue weighted by Gasteiger charge is 2.11. The minimum absolute atomic E-state index is 0.0530. The summed E-state index contributed by atoms with van der Waals surface area (Å²) in [5.41, 5.74) is 7.94. The molecule has 0 spiro atoms. The number of aromatic amines is 1. The predicted molar refractivity (Wildman–Crippen MR) is 104 cm³/mol. The van der Waals surface area contributed by atoms with Crippen LogP contribution in [0.5, 0.6) is 5.75 Å². The standard InChI is InChI=1S/C20H23N5O2/c1-13(2)27-17-6-4-3-5-15(17)11-19(26)22-16-9-7-14(8-10-16)20-23-18(12-21)24-25-20/h3-10,13H,11-12,21H2,1-2H3,(H,22,26)(H,23,24,25). The molecule has 27 heavy (non-hydrogen) atoms. The first-order chi connectivity index (χ1) is 13.0. The predicted octanol–water partition coefficient (Wildman–Crippen LogP) is 2.90. The van der Waals surface area contributed by atoms with Crippen LogP contribution >= 0.6 is 0 Å². The number of aromatic nitrogens is 3. The van der Waals surface area contributed by atoms with Gasteiger partial charge in [0, 0.05) is 16.8 Å². The van der Waals surface area contributed by atoms with E-state index >= 15 is 0 Å². The third kappa shape index (κ3) is 4.92. The Balaban J connectivity index is 1.65. The molecule has 1 heterocycles. The van der Waals surface area contributed by atoms with Crippen LogP contribution in [0.15, 0.2) is 48.5 Å². The Morgan fingerprint density at radius 1 is 1.19 bits per heavy atom. The number of hydrogen-bond acceptors (Lipinski definition) is 5. The molecule has 0 unspecified atom stereocenters. The van der Waals surface area contributed by atoms with Gasteiger partial charge in [0.2, 0.25) is 5.91 Å². The highest BCUT2D eigenvalue weighted by atomic mass is 16.5. The van der Waals surface area contributed by atoms with Crippen molar-refractivity contribution in [3.8, 4) is 17.1 Å². The Hall–Kier alpha value is -3.19. The van der Waals surface area contributed by atoms with E-state index in [1.165, 1.54) is 0 Å². The van der Waals surface area contributed by atoms with Crippen molar-refractivity contribution in [3.05, 3.63) is 59.9 Å². The second-order valence-corrected chi connectivity index (χ2v) is 6.39. The molecule has 4 N–H and O–H groups in total. The maximum atomic E-state index is 12.4. The van der Waals surface area contributed by atoms with Gasteiger partial charge in [-0.2, -0.15) is 5.10 Å². The van der Waals surface area contributed by atoms with Crippen LogP contribution in [0.2, 0.25) is 0 Å². The molecule has 140 valence electrons. The van der Waals surface area contributed by atoms with E-state index in [9.17, 15) is 4.79 Å². The molecule has 0 aliphatic carbocycles. The Labute approximate surface area is 158 Å². The highest BCUT2D eigenvalue weighted by Crippen LogP contribution is 2.21. The summed E-state index contributed by atoms with van der Waals surface area (Å²) < 4.78 is 5.77. The molecule has 7 nitrogen and oxygen atoms in total. The Morgan fingerprint density at radius 2 is 1.93 bits per heavy atom. The molecule has 0 saturated heterocycles. The van der Waals surface area contributed by atoms with Gasteiger partial charge in [-0.1, -0.05) is 18.2 Å². The largest absolute Gasteiger partial charge is 0.491 e. The number of rotatable bonds is 7. The van der Waals surface area contributed by atoms with Crippen molar-refractivity contribution >= 4 is 11.6 Å². The molecule has 0 atom stereocenters. The second kappa shape index (κ2) is 8.46. The van der Waals surface area contributed by atoms with E-state index in [2.05, 4.69) is 20.5 Å². The van der Waals surface area contributed by atoms with Gasteiger partial charge in [-0.05, 0) is 44.2 Å². The molecule has 0 bridgehead atoms. The number of ether oxygens (including phenoxy) is 1. The molecule has 0 fully saturated rings. The van der Waals surface area contributed by atoms with E-state index in [1.807, 2.05) is 62.4 Å². The van der Waals surface area contributed by atoms with Crippen molar-refractivity contribution in [3.63, 3.8) is 0 Å². The van der Waals surface area contributed by atoms with E-state index in [-0.39, 0.29) is 18.4 Å². The summed E-state index contributed by atoms with van der Waals surface area (Å²) in [6, 6.07) is 14.9. The lowest BCUT2D eigenvalue weighted by molar-refractivity contribution is -0.115. The molecular weight excluding hydrogens is 342 g/mol. The maximum Gasteiger partial charge on any atom is 0.228 e. The Morgan fingerprint density at radius 3 is 2.59 bits per heavy atom. The van der Waals surface area contributed by atoms with Gasteiger partial charge in [-0.15, -0.1) is 0 Å². The first-order valence-corrected chi connectivity index (χ1v) is 8.81. The number of hydrogen-bond donors (Lipinski definition) is 3. The number of benzene rings is 2. The van der Waals surface area contributed by atoms with Gasteiger partial charge in [0.25, 0.3) is 0 Å². The number of para-hydroxylation sites is 1. The number of nitrogens with two attached hydrogens (primary N) is 1. The van der Waals surface area contributed by atoms with Gasteiger partial charge in [0.1, 0.15) is 11.6 Å². The van der Waals surface area contributed by atoms with Crippen LogP contribution in [-0.2, 0) is 17.8 Å². The van der Waals surface area contributed by atoms with Crippen LogP contribution in [0.4, 0.5) is 5.69 Å². The minimum atomic E-state index is -0.106. The second-order valence-electron chi connectivity index (χ2n) is 6.39. The van der Waals surface area contributed by atoms with Crippen molar-refractivity contribution in [1.29, 1.82) is 0 Å². The van der Waals surface area contributed by atoms with E-state index in [1.54, 1.807) is 0 Å². The average Bonchev–Trinajstić information content (AvgIpc) is 3.13. The first-order valence-electron chi connectivity index (χ1n) is 8.81. The van der Waals surface area contributed by atoms with Crippen LogP contribution in [0.3, 0.4) is 0 Å². The van der Waals surface area contributed by atoms with Gasteiger partial charge in [-0.3, -0.25) is 9.89 Å². The molecule has 7 heteroatoms. The minimum Gasteiger partial charge on any atom is -0.491 e. The zero-order chi connectivity index (χ0) is 19.2. The van der Waals surface area contributed by atoms with Crippen LogP contribution in [-0.4, -0.2) is 27.2 Å². The van der Waals surface area contributed by atoms with E-state index in [4.69, 9.17) is 10.5 Å². The van der Waals surface area contributed by atoms with Crippen LogP contribution < -0.4 is 15.8 Å². The van der Waals surface area contributed by atoms with Crippen molar-refractivity contribution in [1.82, 2.24) is 15.2 Å². The lowest BCUT2D eigenvalue weighted by Crippen LogP contribution is -2.16. The van der Waals surface area contributed by atoms with Gasteiger partial charge < -0.3 is 15.8 Å². The number of nitrogens with one attached hydrogen (secondary N) is 2. The molecule has 3 rings (SSSR count). The van der Waals surface area contributed by atoms with Gasteiger partial charge in [-0.25, -0.2) is 4.98 Å². The SMILES string of the molecule is CC(C)Oc1ccccc1CC(=O)Nc1ccc(-c2n[nH]c(CN)n2)cc1. The Bertz CT molecular complexity index is 903. The summed E-state index contributed by atoms with van der Waals surface area (Å²) in [5.74, 6) is 1.84. The molecule has 3 aromatic rings. The van der Waals surface area contributed by atoms with E-state index < -0.39 is 0 Å². The lowest BCUT2D eigenvalue weighted by atomic mass is 10.1. The average molecular weight is 365 g/mol. The van der Waals surface area contributed by atoms with Crippen molar-refractivity contribution < 1.29 is 9.53 Å². The summed E-state index contributed by atoms with van der Waals surface area (Å²) >= 11 is 0. The van der Waals surface area contributed by atoms with Crippen LogP contribution in [0.25, 0.3) is 11.4 Å². The maximum absolute atomic E-state index is 12.4. The number of H-pyrrole nitrogens is 1. The first kappa shape index (κ1) is 18.6. The van der Waals surface area contributed by atoms with Gasteiger partial charge >= 0.3 is 0 Å². The number of carbonyl (C=O) groups excluding carboxylic acids is 1. The normalized spacial score (nSPS) is 10.8. The van der Waals surface area contributed by atoms with Crippen molar-refractivity contribution in [2.24, 2.45) is 5.73 Å². The van der Waals surface area contributed by atoms with Gasteiger partial charge in [0.05, 0.1) is 19.1 Å². The molecular formula is C20H23N5O2. The number of nitrogens with zero attached hydrogens (tertiary/aromatic N) is 2. The molecule has 2 aromatic carbocycles. The summed E-state index contributed by atoms with van der Waals surface area (Å²) in [6.45, 7) is 4.23. The number of carbonyl (C=O) groups is 1. The Kier molecular flexibility index (Phi) is 5.83. The molecule has 0 aliphatic rings. The molecule has 0 aliphatic heterocycles. The number of anilines is 1. The summed E-state index contributed by atoms with van der Waals surface area (Å²) in [5, 5.41) is 9.80. The summed E-state index contributed by atoms with van der Waals surface area (Å²) in [4.78, 5) is 16.7. The number of amides is 1. The van der Waals surface area contributed by atoms with Crippen LogP contribution in [0.1, 0.15) is 25.2 Å². The lowest BCUT2D eigenvalue weighted by Gasteiger charge is -2.14. The highest BCUT2D eigenvalue weighted by molar-refractivity contribution is 5.92. The van der Waals surface area contributed by atoms with E-state index in [0.717, 1.165) is 16.9 Å². The van der Waals surface area contributed by atoms with Crippen LogP contribution in [0, 0.1) is 0 Å². The van der Waals surface area contributed by atoms with Crippen molar-refractivity contribution in [2.45, 2.75) is 32.9 Å². The molecule has 1 amide bonds. The summed E-state index contributed by atoms with van der Waals surface area (Å²) in [7, 11) is 0. The van der Waals surface area contributed by atoms with Gasteiger partial charge in [0.15, 0.2) is 5.82 Å². The van der Waals surface area contributed by atoms with Crippen molar-refractivity contribution in [2.75, 3.05) is 5.32 Å². The fourth-order valence-electron chi connectivity index (χ4n) is 2.62. The monoisotopic (exact) mass is 365 g/mol. The zero-order valence-corrected chi connectivity index (χ0v) is 15.4. The third-order valence-corrected chi connectivity index (χ3v) is 3.84.